The molecule has 0 saturated heterocycles. The van der Waals surface area contributed by atoms with Gasteiger partial charge in [0.15, 0.2) is 0 Å². The predicted molar refractivity (Wildman–Crippen MR) is 76.4 cm³/mol. The van der Waals surface area contributed by atoms with Gasteiger partial charge in [-0.3, -0.25) is 4.79 Å². The van der Waals surface area contributed by atoms with E-state index in [0.717, 1.165) is 5.76 Å². The molecule has 1 aromatic heterocycles. The molecule has 0 fully saturated rings. The summed E-state index contributed by atoms with van der Waals surface area (Å²) in [7, 11) is 0. The molecular formula is C17H20O2. The van der Waals surface area contributed by atoms with Gasteiger partial charge < -0.3 is 4.42 Å². The first-order valence-corrected chi connectivity index (χ1v) is 6.67. The highest BCUT2D eigenvalue weighted by atomic mass is 16.3. The fourth-order valence-electron chi connectivity index (χ4n) is 2.49. The van der Waals surface area contributed by atoms with Crippen molar-refractivity contribution in [3.63, 3.8) is 0 Å². The molecule has 0 aliphatic heterocycles. The van der Waals surface area contributed by atoms with E-state index in [1.807, 2.05) is 12.1 Å². The molecule has 1 aromatic carbocycles. The highest BCUT2D eigenvalue weighted by Gasteiger charge is 2.10. The normalized spacial score (nSPS) is 10.7. The highest BCUT2D eigenvalue weighted by Crippen LogP contribution is 2.18. The lowest BCUT2D eigenvalue weighted by Gasteiger charge is -2.10. The maximum Gasteiger partial charge on any atom is 0.137 e. The van der Waals surface area contributed by atoms with Crippen LogP contribution >= 0.6 is 0 Å². The third-order valence-corrected chi connectivity index (χ3v) is 3.44. The van der Waals surface area contributed by atoms with Gasteiger partial charge in [0.2, 0.25) is 0 Å². The van der Waals surface area contributed by atoms with Gasteiger partial charge in [0, 0.05) is 19.3 Å². The molecule has 0 aliphatic rings. The standard InChI is InChI=1S/C17H20O2/c1-12-9-13(2)17(14(3)10-12)11-15(18)6-7-16-5-4-8-19-16/h4-5,8-10H,6-7,11H2,1-3H3. The van der Waals surface area contributed by atoms with Crippen LogP contribution in [0.3, 0.4) is 0 Å². The monoisotopic (exact) mass is 256 g/mol. The molecule has 0 N–H and O–H groups in total. The third kappa shape index (κ3) is 3.57. The lowest BCUT2D eigenvalue weighted by atomic mass is 9.94. The Hall–Kier alpha value is -1.83. The zero-order valence-corrected chi connectivity index (χ0v) is 11.8. The van der Waals surface area contributed by atoms with E-state index in [0.29, 0.717) is 19.3 Å². The quantitative estimate of drug-likeness (QED) is 0.810. The molecule has 2 heteroatoms. The number of aryl methyl sites for hydroxylation is 4. The van der Waals surface area contributed by atoms with Crippen LogP contribution in [0.4, 0.5) is 0 Å². The van der Waals surface area contributed by atoms with E-state index in [1.54, 1.807) is 6.26 Å². The van der Waals surface area contributed by atoms with Gasteiger partial charge in [0.25, 0.3) is 0 Å². The Morgan fingerprint density at radius 1 is 1.16 bits per heavy atom. The summed E-state index contributed by atoms with van der Waals surface area (Å²) in [5.41, 5.74) is 4.85. The van der Waals surface area contributed by atoms with E-state index < -0.39 is 0 Å². The SMILES string of the molecule is Cc1cc(C)c(CC(=O)CCc2ccco2)c(C)c1. The Labute approximate surface area is 114 Å². The molecule has 2 nitrogen and oxygen atoms in total. The number of carbonyl (C=O) groups is 1. The molecule has 0 aliphatic carbocycles. The summed E-state index contributed by atoms with van der Waals surface area (Å²) in [6.07, 6.45) is 3.41. The number of ketones is 1. The van der Waals surface area contributed by atoms with Crippen molar-refractivity contribution in [2.75, 3.05) is 0 Å². The van der Waals surface area contributed by atoms with Crippen LogP contribution in [-0.2, 0) is 17.6 Å². The Balaban J connectivity index is 1.99. The van der Waals surface area contributed by atoms with Crippen molar-refractivity contribution in [2.24, 2.45) is 0 Å². The fraction of sp³-hybridized carbons (Fsp3) is 0.353. The molecule has 0 bridgehead atoms. The molecule has 100 valence electrons. The first-order valence-electron chi connectivity index (χ1n) is 6.67. The van der Waals surface area contributed by atoms with Crippen molar-refractivity contribution in [1.82, 2.24) is 0 Å². The molecule has 0 amide bonds. The van der Waals surface area contributed by atoms with Crippen molar-refractivity contribution in [2.45, 2.75) is 40.0 Å². The second-order valence-corrected chi connectivity index (χ2v) is 5.17. The number of furan rings is 1. The summed E-state index contributed by atoms with van der Waals surface area (Å²) in [6, 6.07) is 8.05. The largest absolute Gasteiger partial charge is 0.469 e. The maximum atomic E-state index is 12.1. The van der Waals surface area contributed by atoms with Crippen molar-refractivity contribution in [3.8, 4) is 0 Å². The van der Waals surface area contributed by atoms with Gasteiger partial charge in [-0.05, 0) is 49.6 Å². The Kier molecular flexibility index (Phi) is 4.20. The smallest absolute Gasteiger partial charge is 0.137 e. The van der Waals surface area contributed by atoms with Gasteiger partial charge in [0.1, 0.15) is 11.5 Å². The third-order valence-electron chi connectivity index (χ3n) is 3.44. The van der Waals surface area contributed by atoms with Gasteiger partial charge in [-0.15, -0.1) is 0 Å². The number of hydrogen-bond acceptors (Lipinski definition) is 2. The second kappa shape index (κ2) is 5.87. The van der Waals surface area contributed by atoms with Gasteiger partial charge in [-0.2, -0.15) is 0 Å². The van der Waals surface area contributed by atoms with Crippen LogP contribution in [-0.4, -0.2) is 5.78 Å². The van der Waals surface area contributed by atoms with Crippen LogP contribution in [0.5, 0.6) is 0 Å². The minimum absolute atomic E-state index is 0.270. The zero-order chi connectivity index (χ0) is 13.8. The van der Waals surface area contributed by atoms with Crippen molar-refractivity contribution >= 4 is 5.78 Å². The first kappa shape index (κ1) is 13.6. The minimum atomic E-state index is 0.270. The van der Waals surface area contributed by atoms with Crippen LogP contribution < -0.4 is 0 Å². The second-order valence-electron chi connectivity index (χ2n) is 5.17. The Morgan fingerprint density at radius 3 is 2.42 bits per heavy atom. The first-order chi connectivity index (χ1) is 9.06. The molecule has 0 radical (unpaired) electrons. The van der Waals surface area contributed by atoms with E-state index >= 15 is 0 Å². The lowest BCUT2D eigenvalue weighted by molar-refractivity contribution is -0.118. The molecule has 1 heterocycles. The van der Waals surface area contributed by atoms with E-state index in [-0.39, 0.29) is 5.78 Å². The van der Waals surface area contributed by atoms with Gasteiger partial charge >= 0.3 is 0 Å². The highest BCUT2D eigenvalue weighted by molar-refractivity contribution is 5.81. The Morgan fingerprint density at radius 2 is 1.84 bits per heavy atom. The number of hydrogen-bond donors (Lipinski definition) is 0. The molecular weight excluding hydrogens is 236 g/mol. The number of benzene rings is 1. The molecule has 2 rings (SSSR count). The number of Topliss-reactive ketones (excluding diaryl/α,β-unsaturated/α-hetero) is 1. The summed E-state index contributed by atoms with van der Waals surface area (Å²) in [6.45, 7) is 6.24. The minimum Gasteiger partial charge on any atom is -0.469 e. The Bertz CT molecular complexity index is 542. The van der Waals surface area contributed by atoms with E-state index in [9.17, 15) is 4.79 Å². The summed E-state index contributed by atoms with van der Waals surface area (Å²) >= 11 is 0. The maximum absolute atomic E-state index is 12.1. The molecule has 0 spiro atoms. The summed E-state index contributed by atoms with van der Waals surface area (Å²) in [5, 5.41) is 0. The van der Waals surface area contributed by atoms with Gasteiger partial charge in [-0.25, -0.2) is 0 Å². The number of rotatable bonds is 5. The lowest BCUT2D eigenvalue weighted by Crippen LogP contribution is -2.07. The number of carbonyl (C=O) groups excluding carboxylic acids is 1. The van der Waals surface area contributed by atoms with Crippen LogP contribution in [0.2, 0.25) is 0 Å². The van der Waals surface area contributed by atoms with Gasteiger partial charge in [-0.1, -0.05) is 17.7 Å². The van der Waals surface area contributed by atoms with Crippen LogP contribution in [0.25, 0.3) is 0 Å². The molecule has 19 heavy (non-hydrogen) atoms. The van der Waals surface area contributed by atoms with Crippen LogP contribution in [0, 0.1) is 20.8 Å². The topological polar surface area (TPSA) is 30.2 Å². The average molecular weight is 256 g/mol. The van der Waals surface area contributed by atoms with Crippen molar-refractivity contribution in [1.29, 1.82) is 0 Å². The fourth-order valence-corrected chi connectivity index (χ4v) is 2.49. The van der Waals surface area contributed by atoms with Crippen molar-refractivity contribution < 1.29 is 9.21 Å². The van der Waals surface area contributed by atoms with E-state index in [2.05, 4.69) is 32.9 Å². The van der Waals surface area contributed by atoms with E-state index in [1.165, 1.54) is 22.3 Å². The van der Waals surface area contributed by atoms with Gasteiger partial charge in [0.05, 0.1) is 6.26 Å². The summed E-state index contributed by atoms with van der Waals surface area (Å²) in [4.78, 5) is 12.1. The molecule has 0 unspecified atom stereocenters. The molecule has 0 atom stereocenters. The molecule has 2 aromatic rings. The predicted octanol–water partition coefficient (Wildman–Crippen LogP) is 3.95. The van der Waals surface area contributed by atoms with Crippen LogP contribution in [0.15, 0.2) is 34.9 Å². The van der Waals surface area contributed by atoms with E-state index in [4.69, 9.17) is 4.42 Å². The van der Waals surface area contributed by atoms with Crippen LogP contribution in [0.1, 0.15) is 34.4 Å². The molecule has 0 saturated carbocycles. The zero-order valence-electron chi connectivity index (χ0n) is 11.8. The summed E-state index contributed by atoms with van der Waals surface area (Å²) < 4.78 is 5.25. The summed E-state index contributed by atoms with van der Waals surface area (Å²) in [5.74, 6) is 1.15. The average Bonchev–Trinajstić information content (AvgIpc) is 2.84. The van der Waals surface area contributed by atoms with Crippen molar-refractivity contribution in [3.05, 3.63) is 58.5 Å².